The molecule has 6 heteroatoms. The molecule has 3 rings (SSSR count). The Morgan fingerprint density at radius 1 is 1.10 bits per heavy atom. The first-order chi connectivity index (χ1) is 13.9. The number of imidazole rings is 1. The summed E-state index contributed by atoms with van der Waals surface area (Å²) in [5.41, 5.74) is 3.86. The maximum absolute atomic E-state index is 13.5. The summed E-state index contributed by atoms with van der Waals surface area (Å²) in [6.45, 7) is 8.50. The first kappa shape index (κ1) is 21.1. The second-order valence-electron chi connectivity index (χ2n) is 7.52. The molecule has 0 saturated heterocycles. The summed E-state index contributed by atoms with van der Waals surface area (Å²) in [4.78, 5) is 17.0. The molecule has 2 aromatic carbocycles. The van der Waals surface area contributed by atoms with Gasteiger partial charge in [-0.1, -0.05) is 63.7 Å². The number of nitrogens with one attached hydrogen (secondary N) is 1. The Morgan fingerprint density at radius 3 is 2.38 bits per heavy atom. The molecule has 0 fully saturated rings. The molecule has 0 saturated carbocycles. The van der Waals surface area contributed by atoms with Crippen molar-refractivity contribution in [3.8, 4) is 5.69 Å². The topological polar surface area (TPSA) is 46.9 Å². The van der Waals surface area contributed by atoms with Gasteiger partial charge < -0.3 is 5.32 Å². The number of para-hydroxylation sites is 1. The summed E-state index contributed by atoms with van der Waals surface area (Å²) < 4.78 is 15.3. The lowest BCUT2D eigenvalue weighted by Gasteiger charge is -2.20. The minimum absolute atomic E-state index is 0.0845. The van der Waals surface area contributed by atoms with E-state index in [0.717, 1.165) is 16.8 Å². The number of amides is 1. The molecule has 3 aromatic rings. The molecule has 0 spiro atoms. The Morgan fingerprint density at radius 2 is 1.76 bits per heavy atom. The van der Waals surface area contributed by atoms with Crippen molar-refractivity contribution in [2.24, 2.45) is 0 Å². The molecule has 0 radical (unpaired) electrons. The number of anilines is 1. The predicted octanol–water partition coefficient (Wildman–Crippen LogP) is 5.99. The van der Waals surface area contributed by atoms with Crippen molar-refractivity contribution in [2.45, 2.75) is 44.7 Å². The quantitative estimate of drug-likeness (QED) is 0.486. The van der Waals surface area contributed by atoms with Gasteiger partial charge in [-0.3, -0.25) is 9.36 Å². The van der Waals surface area contributed by atoms with Crippen LogP contribution in [0, 0.1) is 5.82 Å². The van der Waals surface area contributed by atoms with Crippen LogP contribution in [0.2, 0.25) is 0 Å². The Hall–Kier alpha value is -2.60. The molecule has 4 nitrogen and oxygen atoms in total. The molecule has 0 bridgehead atoms. The summed E-state index contributed by atoms with van der Waals surface area (Å²) in [5, 5.41) is 3.76. The van der Waals surface area contributed by atoms with Crippen LogP contribution in [-0.2, 0) is 4.79 Å². The predicted molar refractivity (Wildman–Crippen MR) is 117 cm³/mol. The zero-order chi connectivity index (χ0) is 21.0. The van der Waals surface area contributed by atoms with E-state index in [2.05, 4.69) is 50.1 Å². The van der Waals surface area contributed by atoms with Gasteiger partial charge in [0.05, 0.1) is 11.4 Å². The standard InChI is InChI=1S/C23H26FN3OS/c1-15(2)19-9-6-10-20(16(3)4)22(19)26-21(28)14-29-23-25-11-12-27(23)18-8-5-7-17(24)13-18/h5-13,15-16H,14H2,1-4H3,(H,26,28). The van der Waals surface area contributed by atoms with Crippen molar-refractivity contribution >= 4 is 23.4 Å². The van der Waals surface area contributed by atoms with Gasteiger partial charge in [-0.15, -0.1) is 0 Å². The van der Waals surface area contributed by atoms with Gasteiger partial charge in [0.15, 0.2) is 5.16 Å². The fraction of sp³-hybridized carbons (Fsp3) is 0.304. The molecule has 0 atom stereocenters. The average molecular weight is 412 g/mol. The smallest absolute Gasteiger partial charge is 0.234 e. The van der Waals surface area contributed by atoms with Crippen LogP contribution in [-0.4, -0.2) is 21.2 Å². The van der Waals surface area contributed by atoms with E-state index in [9.17, 15) is 9.18 Å². The third-order valence-electron chi connectivity index (χ3n) is 4.66. The van der Waals surface area contributed by atoms with Crippen LogP contribution < -0.4 is 5.32 Å². The third-order valence-corrected chi connectivity index (χ3v) is 5.63. The van der Waals surface area contributed by atoms with Gasteiger partial charge in [0.25, 0.3) is 0 Å². The number of hydrogen-bond donors (Lipinski definition) is 1. The van der Waals surface area contributed by atoms with E-state index in [1.54, 1.807) is 23.0 Å². The van der Waals surface area contributed by atoms with Gasteiger partial charge in [0.1, 0.15) is 5.82 Å². The zero-order valence-electron chi connectivity index (χ0n) is 17.1. The second kappa shape index (κ2) is 9.27. The van der Waals surface area contributed by atoms with Gasteiger partial charge in [-0.2, -0.15) is 0 Å². The van der Waals surface area contributed by atoms with E-state index in [1.165, 1.54) is 23.9 Å². The molecule has 0 aliphatic heterocycles. The number of carbonyl (C=O) groups is 1. The van der Waals surface area contributed by atoms with Crippen LogP contribution in [0.1, 0.15) is 50.7 Å². The highest BCUT2D eigenvalue weighted by Crippen LogP contribution is 2.32. The van der Waals surface area contributed by atoms with Gasteiger partial charge >= 0.3 is 0 Å². The minimum atomic E-state index is -0.309. The number of hydrogen-bond acceptors (Lipinski definition) is 3. The molecule has 1 heterocycles. The van der Waals surface area contributed by atoms with Crippen LogP contribution in [0.25, 0.3) is 5.69 Å². The number of benzene rings is 2. The summed E-state index contributed by atoms with van der Waals surface area (Å²) in [5.74, 6) is 0.443. The lowest BCUT2D eigenvalue weighted by Crippen LogP contribution is -2.18. The molecule has 29 heavy (non-hydrogen) atoms. The Balaban J connectivity index is 1.75. The second-order valence-corrected chi connectivity index (χ2v) is 8.46. The highest BCUT2D eigenvalue weighted by Gasteiger charge is 2.17. The number of carbonyl (C=O) groups excluding carboxylic acids is 1. The molecule has 0 aliphatic carbocycles. The monoisotopic (exact) mass is 411 g/mol. The normalized spacial score (nSPS) is 11.3. The highest BCUT2D eigenvalue weighted by molar-refractivity contribution is 7.99. The zero-order valence-corrected chi connectivity index (χ0v) is 18.0. The SMILES string of the molecule is CC(C)c1cccc(C(C)C)c1NC(=O)CSc1nccn1-c1cccc(F)c1. The number of thioether (sulfide) groups is 1. The summed E-state index contributed by atoms with van der Waals surface area (Å²) in [7, 11) is 0. The number of nitrogens with zero attached hydrogens (tertiary/aromatic N) is 2. The van der Waals surface area contributed by atoms with E-state index in [0.29, 0.717) is 22.7 Å². The summed E-state index contributed by atoms with van der Waals surface area (Å²) in [6, 6.07) is 12.5. The number of halogens is 1. The first-order valence-corrected chi connectivity index (χ1v) is 10.7. The maximum atomic E-state index is 13.5. The van der Waals surface area contributed by atoms with Gasteiger partial charge in [-0.25, -0.2) is 9.37 Å². The van der Waals surface area contributed by atoms with Crippen molar-refractivity contribution in [1.29, 1.82) is 0 Å². The average Bonchev–Trinajstić information content (AvgIpc) is 3.15. The van der Waals surface area contributed by atoms with E-state index >= 15 is 0 Å². The van der Waals surface area contributed by atoms with Crippen LogP contribution in [0.3, 0.4) is 0 Å². The van der Waals surface area contributed by atoms with E-state index in [-0.39, 0.29) is 17.5 Å². The minimum Gasteiger partial charge on any atom is -0.325 e. The van der Waals surface area contributed by atoms with Crippen molar-refractivity contribution < 1.29 is 9.18 Å². The summed E-state index contributed by atoms with van der Waals surface area (Å²) >= 11 is 1.33. The maximum Gasteiger partial charge on any atom is 0.234 e. The van der Waals surface area contributed by atoms with Crippen molar-refractivity contribution in [1.82, 2.24) is 9.55 Å². The van der Waals surface area contributed by atoms with Crippen LogP contribution in [0.15, 0.2) is 60.0 Å². The number of rotatable bonds is 7. The fourth-order valence-corrected chi connectivity index (χ4v) is 3.99. The van der Waals surface area contributed by atoms with Crippen LogP contribution in [0.5, 0.6) is 0 Å². The molecule has 152 valence electrons. The third kappa shape index (κ3) is 5.07. The number of aromatic nitrogens is 2. The Bertz CT molecular complexity index is 971. The first-order valence-electron chi connectivity index (χ1n) is 9.71. The molecular formula is C23H26FN3OS. The Kier molecular flexibility index (Phi) is 6.75. The Labute approximate surface area is 175 Å². The van der Waals surface area contributed by atoms with E-state index < -0.39 is 0 Å². The van der Waals surface area contributed by atoms with E-state index in [1.807, 2.05) is 12.1 Å². The van der Waals surface area contributed by atoms with Gasteiger partial charge in [0.2, 0.25) is 5.91 Å². The van der Waals surface area contributed by atoms with Crippen molar-refractivity contribution in [3.63, 3.8) is 0 Å². The van der Waals surface area contributed by atoms with Gasteiger partial charge in [0, 0.05) is 18.1 Å². The molecule has 0 unspecified atom stereocenters. The highest BCUT2D eigenvalue weighted by atomic mass is 32.2. The largest absolute Gasteiger partial charge is 0.325 e. The molecule has 1 N–H and O–H groups in total. The van der Waals surface area contributed by atoms with Crippen LogP contribution >= 0.6 is 11.8 Å². The van der Waals surface area contributed by atoms with Crippen molar-refractivity contribution in [3.05, 3.63) is 71.8 Å². The summed E-state index contributed by atoms with van der Waals surface area (Å²) in [6.07, 6.45) is 3.41. The lowest BCUT2D eigenvalue weighted by molar-refractivity contribution is -0.113. The molecule has 1 amide bonds. The van der Waals surface area contributed by atoms with E-state index in [4.69, 9.17) is 0 Å². The molecule has 1 aromatic heterocycles. The molecular weight excluding hydrogens is 385 g/mol. The fourth-order valence-electron chi connectivity index (χ4n) is 3.22. The van der Waals surface area contributed by atoms with Crippen molar-refractivity contribution in [2.75, 3.05) is 11.1 Å². The molecule has 0 aliphatic rings. The lowest BCUT2D eigenvalue weighted by atomic mass is 9.92. The van der Waals surface area contributed by atoms with Crippen LogP contribution in [0.4, 0.5) is 10.1 Å². The van der Waals surface area contributed by atoms with Gasteiger partial charge in [-0.05, 0) is 41.2 Å².